The number of methoxy groups -OCH3 is 1. The summed E-state index contributed by atoms with van der Waals surface area (Å²) in [5.74, 6) is 0.355. The van der Waals surface area contributed by atoms with Gasteiger partial charge in [0.2, 0.25) is 5.88 Å². The normalized spacial score (nSPS) is 10.1. The molecule has 0 saturated heterocycles. The third kappa shape index (κ3) is 2.60. The fourth-order valence-electron chi connectivity index (χ4n) is 1.66. The summed E-state index contributed by atoms with van der Waals surface area (Å²) in [5, 5.41) is 13.8. The minimum Gasteiger partial charge on any atom is -0.480 e. The van der Waals surface area contributed by atoms with Crippen molar-refractivity contribution in [3.05, 3.63) is 40.8 Å². The molecule has 0 bridgehead atoms. The molecule has 0 fully saturated rings. The standard InChI is InChI=1S/C12H11ClN4O/c1-18-12-11(6-14)9(2-4-15-12)3-5-17-8-10(13)7-16-17/h2,4,7-8H,3,5H2,1H3. The number of hydrogen-bond acceptors (Lipinski definition) is 4. The van der Waals surface area contributed by atoms with Gasteiger partial charge in [-0.15, -0.1) is 0 Å². The van der Waals surface area contributed by atoms with E-state index in [-0.39, 0.29) is 0 Å². The average molecular weight is 263 g/mol. The molecule has 0 aliphatic rings. The number of nitriles is 1. The minimum absolute atomic E-state index is 0.355. The van der Waals surface area contributed by atoms with Gasteiger partial charge < -0.3 is 4.74 Å². The van der Waals surface area contributed by atoms with Gasteiger partial charge in [0.25, 0.3) is 0 Å². The average Bonchev–Trinajstić information content (AvgIpc) is 2.81. The van der Waals surface area contributed by atoms with Crippen LogP contribution in [-0.4, -0.2) is 21.9 Å². The summed E-state index contributed by atoms with van der Waals surface area (Å²) in [6.07, 6.45) is 5.62. The lowest BCUT2D eigenvalue weighted by Gasteiger charge is -2.07. The molecular formula is C12H11ClN4O. The molecule has 0 saturated carbocycles. The van der Waals surface area contributed by atoms with Gasteiger partial charge in [-0.3, -0.25) is 4.68 Å². The van der Waals surface area contributed by atoms with Crippen molar-refractivity contribution in [2.24, 2.45) is 0 Å². The van der Waals surface area contributed by atoms with Crippen LogP contribution in [0, 0.1) is 11.3 Å². The number of hydrogen-bond donors (Lipinski definition) is 0. The molecule has 0 aliphatic heterocycles. The van der Waals surface area contributed by atoms with E-state index in [4.69, 9.17) is 21.6 Å². The van der Waals surface area contributed by atoms with Gasteiger partial charge in [0.15, 0.2) is 0 Å². The van der Waals surface area contributed by atoms with Gasteiger partial charge in [-0.1, -0.05) is 11.6 Å². The topological polar surface area (TPSA) is 63.7 Å². The Hall–Kier alpha value is -2.06. The van der Waals surface area contributed by atoms with Crippen LogP contribution < -0.4 is 4.74 Å². The largest absolute Gasteiger partial charge is 0.480 e. The Morgan fingerprint density at radius 1 is 1.56 bits per heavy atom. The summed E-state index contributed by atoms with van der Waals surface area (Å²) in [6.45, 7) is 0.647. The zero-order chi connectivity index (χ0) is 13.0. The summed E-state index contributed by atoms with van der Waals surface area (Å²) in [6, 6.07) is 3.93. The van der Waals surface area contributed by atoms with Crippen LogP contribution in [0.2, 0.25) is 5.02 Å². The second-order valence-electron chi connectivity index (χ2n) is 3.64. The first-order chi connectivity index (χ1) is 8.74. The lowest BCUT2D eigenvalue weighted by Crippen LogP contribution is -2.04. The van der Waals surface area contributed by atoms with E-state index in [0.717, 1.165) is 5.56 Å². The predicted molar refractivity (Wildman–Crippen MR) is 66.4 cm³/mol. The number of pyridine rings is 1. The number of ether oxygens (including phenoxy) is 1. The van der Waals surface area contributed by atoms with Crippen molar-refractivity contribution in [2.45, 2.75) is 13.0 Å². The molecule has 18 heavy (non-hydrogen) atoms. The zero-order valence-electron chi connectivity index (χ0n) is 9.80. The van der Waals surface area contributed by atoms with E-state index in [2.05, 4.69) is 16.2 Å². The predicted octanol–water partition coefficient (Wildman–Crippen LogP) is 2.05. The lowest BCUT2D eigenvalue weighted by molar-refractivity contribution is 0.395. The maximum Gasteiger partial charge on any atom is 0.231 e. The Labute approximate surface area is 110 Å². The van der Waals surface area contributed by atoms with E-state index in [1.165, 1.54) is 7.11 Å². The Balaban J connectivity index is 2.17. The lowest BCUT2D eigenvalue weighted by atomic mass is 10.1. The summed E-state index contributed by atoms with van der Waals surface area (Å²) >= 11 is 5.78. The van der Waals surface area contributed by atoms with Gasteiger partial charge in [-0.05, 0) is 18.1 Å². The second-order valence-corrected chi connectivity index (χ2v) is 4.07. The maximum absolute atomic E-state index is 9.12. The summed E-state index contributed by atoms with van der Waals surface area (Å²) in [4.78, 5) is 4.00. The molecule has 5 nitrogen and oxygen atoms in total. The van der Waals surface area contributed by atoms with Gasteiger partial charge in [0.1, 0.15) is 11.6 Å². The van der Waals surface area contributed by atoms with Crippen LogP contribution in [0.5, 0.6) is 5.88 Å². The number of halogens is 1. The smallest absolute Gasteiger partial charge is 0.231 e. The van der Waals surface area contributed by atoms with Crippen molar-refractivity contribution in [3.8, 4) is 11.9 Å². The monoisotopic (exact) mass is 262 g/mol. The van der Waals surface area contributed by atoms with Crippen molar-refractivity contribution in [1.29, 1.82) is 5.26 Å². The van der Waals surface area contributed by atoms with Crippen LogP contribution in [0.25, 0.3) is 0 Å². The molecule has 2 heterocycles. The highest BCUT2D eigenvalue weighted by Crippen LogP contribution is 2.19. The molecule has 92 valence electrons. The number of aryl methyl sites for hydroxylation is 2. The molecule has 2 rings (SSSR count). The van der Waals surface area contributed by atoms with Gasteiger partial charge >= 0.3 is 0 Å². The zero-order valence-corrected chi connectivity index (χ0v) is 10.6. The summed E-state index contributed by atoms with van der Waals surface area (Å²) in [5.41, 5.74) is 1.36. The Morgan fingerprint density at radius 2 is 2.39 bits per heavy atom. The molecule has 6 heteroatoms. The van der Waals surface area contributed by atoms with Crippen molar-refractivity contribution in [3.63, 3.8) is 0 Å². The van der Waals surface area contributed by atoms with E-state index in [1.54, 1.807) is 23.3 Å². The SMILES string of the molecule is COc1nccc(CCn2cc(Cl)cn2)c1C#N. The Bertz CT molecular complexity index is 588. The van der Waals surface area contributed by atoms with Gasteiger partial charge in [-0.2, -0.15) is 10.4 Å². The molecule has 0 unspecified atom stereocenters. The van der Waals surface area contributed by atoms with Gasteiger partial charge in [0.05, 0.1) is 18.3 Å². The van der Waals surface area contributed by atoms with Crippen LogP contribution in [-0.2, 0) is 13.0 Å². The highest BCUT2D eigenvalue weighted by atomic mass is 35.5. The second kappa shape index (κ2) is 5.52. The molecule has 0 atom stereocenters. The number of nitrogens with zero attached hydrogens (tertiary/aromatic N) is 4. The first kappa shape index (κ1) is 12.4. The third-order valence-electron chi connectivity index (χ3n) is 2.52. The van der Waals surface area contributed by atoms with Gasteiger partial charge in [-0.25, -0.2) is 4.98 Å². The third-order valence-corrected chi connectivity index (χ3v) is 2.71. The van der Waals surface area contributed by atoms with Crippen molar-refractivity contribution in [1.82, 2.24) is 14.8 Å². The molecule has 2 aromatic heterocycles. The molecule has 0 radical (unpaired) electrons. The van der Waals surface area contributed by atoms with Crippen molar-refractivity contribution in [2.75, 3.05) is 7.11 Å². The van der Waals surface area contributed by atoms with Crippen LogP contribution in [0.15, 0.2) is 24.7 Å². The van der Waals surface area contributed by atoms with E-state index >= 15 is 0 Å². The van der Waals surface area contributed by atoms with Crippen molar-refractivity contribution < 1.29 is 4.74 Å². The van der Waals surface area contributed by atoms with E-state index in [1.807, 2.05) is 6.07 Å². The first-order valence-corrected chi connectivity index (χ1v) is 5.72. The van der Waals surface area contributed by atoms with E-state index in [9.17, 15) is 0 Å². The van der Waals surface area contributed by atoms with E-state index in [0.29, 0.717) is 29.4 Å². The number of aromatic nitrogens is 3. The first-order valence-electron chi connectivity index (χ1n) is 5.34. The molecule has 2 aromatic rings. The van der Waals surface area contributed by atoms with Gasteiger partial charge in [0, 0.05) is 18.9 Å². The van der Waals surface area contributed by atoms with Crippen LogP contribution in [0.3, 0.4) is 0 Å². The summed E-state index contributed by atoms with van der Waals surface area (Å²) < 4.78 is 6.79. The molecular weight excluding hydrogens is 252 g/mol. The Morgan fingerprint density at radius 3 is 3.00 bits per heavy atom. The van der Waals surface area contributed by atoms with Crippen LogP contribution in [0.4, 0.5) is 0 Å². The molecule has 0 spiro atoms. The highest BCUT2D eigenvalue weighted by molar-refractivity contribution is 6.30. The summed E-state index contributed by atoms with van der Waals surface area (Å²) in [7, 11) is 1.50. The molecule has 0 amide bonds. The maximum atomic E-state index is 9.12. The molecule has 0 aliphatic carbocycles. The minimum atomic E-state index is 0.355. The molecule has 0 N–H and O–H groups in total. The highest BCUT2D eigenvalue weighted by Gasteiger charge is 2.09. The molecule has 0 aromatic carbocycles. The number of rotatable bonds is 4. The van der Waals surface area contributed by atoms with Crippen LogP contribution in [0.1, 0.15) is 11.1 Å². The Kier molecular flexibility index (Phi) is 3.80. The van der Waals surface area contributed by atoms with E-state index < -0.39 is 0 Å². The fraction of sp³-hybridized carbons (Fsp3) is 0.250. The fourth-order valence-corrected chi connectivity index (χ4v) is 1.81. The quantitative estimate of drug-likeness (QED) is 0.846. The van der Waals surface area contributed by atoms with Crippen LogP contribution >= 0.6 is 11.6 Å². The van der Waals surface area contributed by atoms with Crippen molar-refractivity contribution >= 4 is 11.6 Å².